The van der Waals surface area contributed by atoms with E-state index < -0.39 is 10.0 Å². The zero-order valence-corrected chi connectivity index (χ0v) is 17.7. The number of benzene rings is 2. The highest BCUT2D eigenvalue weighted by molar-refractivity contribution is 7.92. The molecule has 4 rings (SSSR count). The van der Waals surface area contributed by atoms with Gasteiger partial charge in [0.15, 0.2) is 0 Å². The molecule has 2 aromatic carbocycles. The van der Waals surface area contributed by atoms with Crippen LogP contribution in [-0.2, 0) is 21.3 Å². The SMILES string of the molecule is CCn1c(C)nc2cc(NS(=O)(=O)c3ccccc3)cc(C(=O)NC3CCOC3)c21. The van der Waals surface area contributed by atoms with E-state index in [-0.39, 0.29) is 16.8 Å². The van der Waals surface area contributed by atoms with Crippen molar-refractivity contribution in [2.45, 2.75) is 37.8 Å². The van der Waals surface area contributed by atoms with Crippen LogP contribution in [-0.4, -0.2) is 43.1 Å². The van der Waals surface area contributed by atoms with E-state index in [9.17, 15) is 13.2 Å². The molecule has 0 bridgehead atoms. The minimum atomic E-state index is -3.79. The molecule has 30 heavy (non-hydrogen) atoms. The quantitative estimate of drug-likeness (QED) is 0.628. The van der Waals surface area contributed by atoms with Crippen molar-refractivity contribution in [2.75, 3.05) is 17.9 Å². The summed E-state index contributed by atoms with van der Waals surface area (Å²) in [5.74, 6) is 0.486. The summed E-state index contributed by atoms with van der Waals surface area (Å²) in [6.07, 6.45) is 0.751. The number of rotatable bonds is 6. The summed E-state index contributed by atoms with van der Waals surface area (Å²) in [6.45, 7) is 5.57. The van der Waals surface area contributed by atoms with Crippen LogP contribution in [0.3, 0.4) is 0 Å². The highest BCUT2D eigenvalue weighted by Crippen LogP contribution is 2.27. The van der Waals surface area contributed by atoms with E-state index in [4.69, 9.17) is 4.74 Å². The Morgan fingerprint density at radius 2 is 2.03 bits per heavy atom. The van der Waals surface area contributed by atoms with Crippen molar-refractivity contribution in [3.63, 3.8) is 0 Å². The van der Waals surface area contributed by atoms with Crippen LogP contribution in [0.4, 0.5) is 5.69 Å². The van der Waals surface area contributed by atoms with E-state index in [1.165, 1.54) is 12.1 Å². The standard InChI is InChI=1S/C21H24N4O4S/c1-3-25-14(2)22-19-12-16(24-30(27,28)17-7-5-4-6-8-17)11-18(20(19)25)21(26)23-15-9-10-29-13-15/h4-8,11-12,15,24H,3,9-10,13H2,1-2H3,(H,23,26). The van der Waals surface area contributed by atoms with Crippen molar-refractivity contribution < 1.29 is 17.9 Å². The summed E-state index contributed by atoms with van der Waals surface area (Å²) >= 11 is 0. The second kappa shape index (κ2) is 8.08. The summed E-state index contributed by atoms with van der Waals surface area (Å²) in [5, 5.41) is 2.99. The van der Waals surface area contributed by atoms with Crippen LogP contribution in [0.25, 0.3) is 11.0 Å². The molecule has 158 valence electrons. The minimum absolute atomic E-state index is 0.0590. The van der Waals surface area contributed by atoms with Gasteiger partial charge in [-0.2, -0.15) is 0 Å². The third-order valence-electron chi connectivity index (χ3n) is 5.16. The van der Waals surface area contributed by atoms with Gasteiger partial charge in [0, 0.05) is 13.2 Å². The number of nitrogens with zero attached hydrogens (tertiary/aromatic N) is 2. The number of aryl methyl sites for hydroxylation is 2. The first kappa shape index (κ1) is 20.4. The van der Waals surface area contributed by atoms with Crippen molar-refractivity contribution in [3.05, 3.63) is 53.9 Å². The number of anilines is 1. The number of sulfonamides is 1. The van der Waals surface area contributed by atoms with Crippen molar-refractivity contribution >= 4 is 32.7 Å². The van der Waals surface area contributed by atoms with E-state index in [2.05, 4.69) is 15.0 Å². The molecular weight excluding hydrogens is 404 g/mol. The molecule has 1 aromatic heterocycles. The van der Waals surface area contributed by atoms with Crippen LogP contribution in [0.15, 0.2) is 47.4 Å². The number of nitrogens with one attached hydrogen (secondary N) is 2. The smallest absolute Gasteiger partial charge is 0.261 e. The second-order valence-electron chi connectivity index (χ2n) is 7.25. The number of aromatic nitrogens is 2. The van der Waals surface area contributed by atoms with Gasteiger partial charge >= 0.3 is 0 Å². The number of hydrogen-bond donors (Lipinski definition) is 2. The zero-order valence-electron chi connectivity index (χ0n) is 16.9. The fourth-order valence-corrected chi connectivity index (χ4v) is 4.79. The maximum Gasteiger partial charge on any atom is 0.261 e. The van der Waals surface area contributed by atoms with E-state index in [0.29, 0.717) is 42.0 Å². The van der Waals surface area contributed by atoms with Crippen LogP contribution in [0, 0.1) is 6.92 Å². The number of carbonyl (C=O) groups is 1. The maximum atomic E-state index is 13.1. The Labute approximate surface area is 175 Å². The number of fused-ring (bicyclic) bond motifs is 1. The molecule has 1 atom stereocenters. The Morgan fingerprint density at radius 1 is 1.27 bits per heavy atom. The molecule has 0 spiro atoms. The summed E-state index contributed by atoms with van der Waals surface area (Å²) < 4.78 is 35.4. The first-order valence-electron chi connectivity index (χ1n) is 9.86. The summed E-state index contributed by atoms with van der Waals surface area (Å²) in [7, 11) is -3.79. The van der Waals surface area contributed by atoms with E-state index >= 15 is 0 Å². The van der Waals surface area contributed by atoms with Gasteiger partial charge in [0.05, 0.1) is 39.8 Å². The molecule has 0 aliphatic carbocycles. The molecule has 8 nitrogen and oxygen atoms in total. The van der Waals surface area contributed by atoms with Crippen LogP contribution in [0.2, 0.25) is 0 Å². The lowest BCUT2D eigenvalue weighted by atomic mass is 10.1. The van der Waals surface area contributed by atoms with Gasteiger partial charge in [-0.25, -0.2) is 13.4 Å². The molecule has 3 aromatic rings. The predicted octanol–water partition coefficient (Wildman–Crippen LogP) is 2.68. The van der Waals surface area contributed by atoms with Crippen molar-refractivity contribution in [2.24, 2.45) is 0 Å². The summed E-state index contributed by atoms with van der Waals surface area (Å²) in [5.41, 5.74) is 1.93. The van der Waals surface area contributed by atoms with Crippen molar-refractivity contribution in [3.8, 4) is 0 Å². The normalized spacial score (nSPS) is 16.7. The first-order valence-corrected chi connectivity index (χ1v) is 11.3. The maximum absolute atomic E-state index is 13.1. The molecule has 1 amide bonds. The Balaban J connectivity index is 1.77. The molecule has 9 heteroatoms. The van der Waals surface area contributed by atoms with Gasteiger partial charge < -0.3 is 14.6 Å². The van der Waals surface area contributed by atoms with Crippen molar-refractivity contribution in [1.29, 1.82) is 0 Å². The number of imidazole rings is 1. The molecule has 0 saturated carbocycles. The monoisotopic (exact) mass is 428 g/mol. The minimum Gasteiger partial charge on any atom is -0.379 e. The zero-order chi connectivity index (χ0) is 21.3. The molecule has 1 fully saturated rings. The average molecular weight is 429 g/mol. The highest BCUT2D eigenvalue weighted by Gasteiger charge is 2.24. The Hall–Kier alpha value is -2.91. The third kappa shape index (κ3) is 3.90. The number of carbonyl (C=O) groups excluding carboxylic acids is 1. The fourth-order valence-electron chi connectivity index (χ4n) is 3.73. The van der Waals surface area contributed by atoms with E-state index in [1.807, 2.05) is 18.4 Å². The fraction of sp³-hybridized carbons (Fsp3) is 0.333. The summed E-state index contributed by atoms with van der Waals surface area (Å²) in [6, 6.07) is 11.3. The van der Waals surface area contributed by atoms with Crippen LogP contribution in [0.1, 0.15) is 29.5 Å². The molecule has 0 radical (unpaired) electrons. The van der Waals surface area contributed by atoms with Gasteiger partial charge in [-0.1, -0.05) is 18.2 Å². The van der Waals surface area contributed by atoms with Gasteiger partial charge in [0.2, 0.25) is 0 Å². The van der Waals surface area contributed by atoms with Gasteiger partial charge in [-0.15, -0.1) is 0 Å². The molecule has 2 heterocycles. The molecule has 1 unspecified atom stereocenters. The summed E-state index contributed by atoms with van der Waals surface area (Å²) in [4.78, 5) is 17.8. The lowest BCUT2D eigenvalue weighted by Gasteiger charge is -2.15. The Bertz CT molecular complexity index is 1180. The van der Waals surface area contributed by atoms with Crippen LogP contribution < -0.4 is 10.0 Å². The second-order valence-corrected chi connectivity index (χ2v) is 8.93. The number of ether oxygens (including phenoxy) is 1. The average Bonchev–Trinajstić information content (AvgIpc) is 3.34. The Kier molecular flexibility index (Phi) is 5.48. The van der Waals surface area contributed by atoms with Gasteiger partial charge in [0.1, 0.15) is 5.82 Å². The largest absolute Gasteiger partial charge is 0.379 e. The van der Waals surface area contributed by atoms with E-state index in [1.54, 1.807) is 30.3 Å². The predicted molar refractivity (Wildman–Crippen MR) is 114 cm³/mol. The molecule has 1 aliphatic rings. The van der Waals surface area contributed by atoms with Gasteiger partial charge in [-0.3, -0.25) is 9.52 Å². The number of hydrogen-bond acceptors (Lipinski definition) is 5. The molecule has 1 saturated heterocycles. The molecule has 2 N–H and O–H groups in total. The van der Waals surface area contributed by atoms with Crippen LogP contribution >= 0.6 is 0 Å². The third-order valence-corrected chi connectivity index (χ3v) is 6.56. The lowest BCUT2D eigenvalue weighted by Crippen LogP contribution is -2.35. The van der Waals surface area contributed by atoms with Gasteiger partial charge in [-0.05, 0) is 44.5 Å². The molecule has 1 aliphatic heterocycles. The molecular formula is C21H24N4O4S. The highest BCUT2D eigenvalue weighted by atomic mass is 32.2. The van der Waals surface area contributed by atoms with E-state index in [0.717, 1.165) is 12.2 Å². The first-order chi connectivity index (χ1) is 14.4. The van der Waals surface area contributed by atoms with Crippen molar-refractivity contribution in [1.82, 2.24) is 14.9 Å². The Morgan fingerprint density at radius 3 is 2.70 bits per heavy atom. The van der Waals surface area contributed by atoms with Gasteiger partial charge in [0.25, 0.3) is 15.9 Å². The lowest BCUT2D eigenvalue weighted by molar-refractivity contribution is 0.0931. The van der Waals surface area contributed by atoms with Crippen LogP contribution in [0.5, 0.6) is 0 Å². The topological polar surface area (TPSA) is 102 Å². The number of amides is 1.